The molecule has 0 unspecified atom stereocenters. The molecule has 2 fully saturated rings. The number of rotatable bonds is 2. The van der Waals surface area contributed by atoms with Crippen LogP contribution >= 0.6 is 0 Å². The maximum atomic E-state index is 11.0. The Bertz CT molecular complexity index is 410. The van der Waals surface area contributed by atoms with Crippen molar-refractivity contribution in [3.63, 3.8) is 0 Å². The fourth-order valence-corrected chi connectivity index (χ4v) is 2.46. The van der Waals surface area contributed by atoms with Gasteiger partial charge in [0.2, 0.25) is 0 Å². The van der Waals surface area contributed by atoms with Crippen molar-refractivity contribution in [3.05, 3.63) is 29.8 Å². The van der Waals surface area contributed by atoms with Gasteiger partial charge in [-0.1, -0.05) is 12.1 Å². The molecule has 2 heterocycles. The van der Waals surface area contributed by atoms with E-state index < -0.39 is 0 Å². The summed E-state index contributed by atoms with van der Waals surface area (Å²) >= 11 is 0. The molecule has 2 aliphatic heterocycles. The Morgan fingerprint density at radius 3 is 2.47 bits per heavy atom. The molecule has 1 aromatic rings. The van der Waals surface area contributed by atoms with Crippen LogP contribution in [0.15, 0.2) is 24.3 Å². The molecule has 1 amide bonds. The Balaban J connectivity index is 1.73. The number of nitrogens with zero attached hydrogens (tertiary/aromatic N) is 1. The third-order valence-corrected chi connectivity index (χ3v) is 3.44. The molecule has 0 aromatic heterocycles. The van der Waals surface area contributed by atoms with Gasteiger partial charge in [-0.05, 0) is 30.5 Å². The maximum absolute atomic E-state index is 11.0. The van der Waals surface area contributed by atoms with E-state index >= 15 is 0 Å². The summed E-state index contributed by atoms with van der Waals surface area (Å²) in [5, 5.41) is 2.78. The second-order valence-corrected chi connectivity index (χ2v) is 4.58. The number of carbonyl (C=O) groups excluding carboxylic acids is 1. The van der Waals surface area contributed by atoms with Gasteiger partial charge in [-0.15, -0.1) is 0 Å². The summed E-state index contributed by atoms with van der Waals surface area (Å²) in [6, 6.07) is 8.42. The molecule has 0 radical (unpaired) electrons. The van der Waals surface area contributed by atoms with Gasteiger partial charge in [0.05, 0.1) is 6.04 Å². The minimum absolute atomic E-state index is 0.00938. The number of amides is 1. The van der Waals surface area contributed by atoms with Crippen LogP contribution < -0.4 is 10.2 Å². The predicted octanol–water partition coefficient (Wildman–Crippen LogP) is 2.07. The average Bonchev–Trinajstić information content (AvgIpc) is 3.00. The van der Waals surface area contributed by atoms with E-state index in [0.717, 1.165) is 18.7 Å². The fraction of sp³-hybridized carbons (Fsp3) is 0.462. The number of cyclic esters (lactones) is 1. The van der Waals surface area contributed by atoms with E-state index in [0.29, 0.717) is 6.61 Å². The molecule has 0 bridgehead atoms. The molecule has 4 nitrogen and oxygen atoms in total. The number of ether oxygens (including phenoxy) is 1. The first-order valence-corrected chi connectivity index (χ1v) is 6.11. The molecule has 1 aromatic carbocycles. The molecular weight excluding hydrogens is 216 g/mol. The maximum Gasteiger partial charge on any atom is 0.407 e. The number of carbonyl (C=O) groups is 1. The highest BCUT2D eigenvalue weighted by Crippen LogP contribution is 2.24. The molecule has 0 aliphatic carbocycles. The minimum atomic E-state index is -0.321. The van der Waals surface area contributed by atoms with Gasteiger partial charge in [-0.3, -0.25) is 0 Å². The van der Waals surface area contributed by atoms with E-state index in [1.54, 1.807) is 0 Å². The normalized spacial score (nSPS) is 23.6. The molecule has 2 aliphatic rings. The van der Waals surface area contributed by atoms with E-state index in [-0.39, 0.29) is 12.1 Å². The van der Waals surface area contributed by atoms with Crippen molar-refractivity contribution >= 4 is 11.8 Å². The highest BCUT2D eigenvalue weighted by Gasteiger charge is 2.23. The lowest BCUT2D eigenvalue weighted by Crippen LogP contribution is -2.19. The summed E-state index contributed by atoms with van der Waals surface area (Å²) in [7, 11) is 0. The Morgan fingerprint density at radius 2 is 1.88 bits per heavy atom. The van der Waals surface area contributed by atoms with Gasteiger partial charge >= 0.3 is 6.09 Å². The summed E-state index contributed by atoms with van der Waals surface area (Å²) in [6.07, 6.45) is 2.25. The molecule has 0 saturated carbocycles. The average molecular weight is 232 g/mol. The standard InChI is InChI=1S/C13H16N2O2/c16-13-14-12(9-17-13)10-3-5-11(6-4-10)15-7-1-2-8-15/h3-6,12H,1-2,7-9H2,(H,14,16)/t12-/m0/s1. The zero-order valence-electron chi connectivity index (χ0n) is 9.69. The van der Waals surface area contributed by atoms with Gasteiger partial charge in [0, 0.05) is 18.8 Å². The quantitative estimate of drug-likeness (QED) is 0.848. The van der Waals surface area contributed by atoms with Gasteiger partial charge in [-0.25, -0.2) is 4.79 Å². The molecule has 3 rings (SSSR count). The van der Waals surface area contributed by atoms with Crippen LogP contribution in [0.1, 0.15) is 24.4 Å². The summed E-state index contributed by atoms with van der Waals surface area (Å²) in [4.78, 5) is 13.4. The largest absolute Gasteiger partial charge is 0.447 e. The molecule has 1 N–H and O–H groups in total. The first-order chi connectivity index (χ1) is 8.33. The van der Waals surface area contributed by atoms with Crippen LogP contribution in [0.5, 0.6) is 0 Å². The Morgan fingerprint density at radius 1 is 1.18 bits per heavy atom. The Kier molecular flexibility index (Phi) is 2.63. The Labute approximate surface area is 101 Å². The van der Waals surface area contributed by atoms with Crippen molar-refractivity contribution in [2.45, 2.75) is 18.9 Å². The van der Waals surface area contributed by atoms with Crippen LogP contribution in [0.3, 0.4) is 0 Å². The third-order valence-electron chi connectivity index (χ3n) is 3.44. The van der Waals surface area contributed by atoms with Crippen molar-refractivity contribution < 1.29 is 9.53 Å². The smallest absolute Gasteiger partial charge is 0.407 e. The first-order valence-electron chi connectivity index (χ1n) is 6.11. The van der Waals surface area contributed by atoms with Crippen molar-refractivity contribution in [2.24, 2.45) is 0 Å². The molecule has 2 saturated heterocycles. The van der Waals surface area contributed by atoms with Crippen LogP contribution in [-0.4, -0.2) is 25.8 Å². The second-order valence-electron chi connectivity index (χ2n) is 4.58. The van der Waals surface area contributed by atoms with E-state index in [9.17, 15) is 4.79 Å². The monoisotopic (exact) mass is 232 g/mol. The number of hydrogen-bond acceptors (Lipinski definition) is 3. The fourth-order valence-electron chi connectivity index (χ4n) is 2.46. The van der Waals surface area contributed by atoms with Crippen LogP contribution in [0, 0.1) is 0 Å². The van der Waals surface area contributed by atoms with Crippen LogP contribution in [0.2, 0.25) is 0 Å². The Hall–Kier alpha value is -1.71. The number of anilines is 1. The van der Waals surface area contributed by atoms with Crippen LogP contribution in [0.25, 0.3) is 0 Å². The van der Waals surface area contributed by atoms with Crippen LogP contribution in [-0.2, 0) is 4.74 Å². The minimum Gasteiger partial charge on any atom is -0.447 e. The topological polar surface area (TPSA) is 41.6 Å². The lowest BCUT2D eigenvalue weighted by atomic mass is 10.1. The SMILES string of the molecule is O=C1N[C@H](c2ccc(N3CCCC3)cc2)CO1. The highest BCUT2D eigenvalue weighted by atomic mass is 16.6. The predicted molar refractivity (Wildman–Crippen MR) is 65.1 cm³/mol. The van der Waals surface area contributed by atoms with Crippen LogP contribution in [0.4, 0.5) is 10.5 Å². The first kappa shape index (κ1) is 10.4. The van der Waals surface area contributed by atoms with Crippen molar-refractivity contribution in [1.29, 1.82) is 0 Å². The zero-order chi connectivity index (χ0) is 11.7. The van der Waals surface area contributed by atoms with E-state index in [2.05, 4.69) is 34.5 Å². The van der Waals surface area contributed by atoms with Crippen molar-refractivity contribution in [2.75, 3.05) is 24.6 Å². The molecule has 4 heteroatoms. The molecule has 1 atom stereocenters. The van der Waals surface area contributed by atoms with E-state index in [4.69, 9.17) is 4.74 Å². The molecular formula is C13H16N2O2. The summed E-state index contributed by atoms with van der Waals surface area (Å²) in [5.41, 5.74) is 2.38. The van der Waals surface area contributed by atoms with E-state index in [1.165, 1.54) is 18.5 Å². The lowest BCUT2D eigenvalue weighted by molar-refractivity contribution is 0.177. The summed E-state index contributed by atoms with van der Waals surface area (Å²) in [5.74, 6) is 0. The van der Waals surface area contributed by atoms with E-state index in [1.807, 2.05) is 0 Å². The molecule has 17 heavy (non-hydrogen) atoms. The lowest BCUT2D eigenvalue weighted by Gasteiger charge is -2.18. The zero-order valence-corrected chi connectivity index (χ0v) is 9.69. The van der Waals surface area contributed by atoms with Crippen molar-refractivity contribution in [1.82, 2.24) is 5.32 Å². The number of alkyl carbamates (subject to hydrolysis) is 1. The number of hydrogen-bond donors (Lipinski definition) is 1. The second kappa shape index (κ2) is 4.28. The third kappa shape index (κ3) is 2.07. The van der Waals surface area contributed by atoms with Gasteiger partial charge < -0.3 is 15.0 Å². The van der Waals surface area contributed by atoms with Gasteiger partial charge in [0.1, 0.15) is 6.61 Å². The van der Waals surface area contributed by atoms with Crippen molar-refractivity contribution in [3.8, 4) is 0 Å². The number of nitrogens with one attached hydrogen (secondary N) is 1. The van der Waals surface area contributed by atoms with Gasteiger partial charge in [0.25, 0.3) is 0 Å². The molecule has 0 spiro atoms. The highest BCUT2D eigenvalue weighted by molar-refractivity contribution is 5.70. The number of benzene rings is 1. The van der Waals surface area contributed by atoms with Gasteiger partial charge in [0.15, 0.2) is 0 Å². The summed E-state index contributed by atoms with van der Waals surface area (Å²) in [6.45, 7) is 2.74. The summed E-state index contributed by atoms with van der Waals surface area (Å²) < 4.78 is 4.89. The van der Waals surface area contributed by atoms with Gasteiger partial charge in [-0.2, -0.15) is 0 Å². The molecule has 90 valence electrons.